The standard InChI is InChI=1S/C20H22F3N5/c1-10(27-2)16-14(25)7-8-15-17(16)11-5-3-4-6-12(11)18(28-15)13(9-24)19(26)20(21,22)23/h7-9,24H,3-6,25-26H2,1-2H3. The van der Waals surface area contributed by atoms with E-state index in [0.29, 0.717) is 35.8 Å². The Morgan fingerprint density at radius 1 is 1.21 bits per heavy atom. The van der Waals surface area contributed by atoms with Crippen molar-refractivity contribution in [1.82, 2.24) is 4.98 Å². The lowest BCUT2D eigenvalue weighted by atomic mass is 9.84. The predicted octanol–water partition coefficient (Wildman–Crippen LogP) is 4.02. The predicted molar refractivity (Wildman–Crippen MR) is 107 cm³/mol. The Hall–Kier alpha value is -2.90. The normalized spacial score (nSPS) is 16.0. The maximum Gasteiger partial charge on any atom is 0.431 e. The number of alkyl halides is 3. The van der Waals surface area contributed by atoms with Crippen LogP contribution in [0, 0.1) is 5.41 Å². The second kappa shape index (κ2) is 7.26. The van der Waals surface area contributed by atoms with Gasteiger partial charge in [-0.15, -0.1) is 0 Å². The number of nitrogens with zero attached hydrogens (tertiary/aromatic N) is 2. The summed E-state index contributed by atoms with van der Waals surface area (Å²) in [7, 11) is 1.67. The van der Waals surface area contributed by atoms with Gasteiger partial charge in [0.25, 0.3) is 0 Å². The molecule has 1 aromatic heterocycles. The van der Waals surface area contributed by atoms with Gasteiger partial charge >= 0.3 is 6.18 Å². The lowest BCUT2D eigenvalue weighted by molar-refractivity contribution is -0.0919. The van der Waals surface area contributed by atoms with Crippen molar-refractivity contribution in [3.05, 3.63) is 40.2 Å². The summed E-state index contributed by atoms with van der Waals surface area (Å²) in [6.45, 7) is 1.85. The molecular weight excluding hydrogens is 367 g/mol. The number of allylic oxidation sites excluding steroid dienone is 2. The monoisotopic (exact) mass is 389 g/mol. The molecule has 148 valence electrons. The van der Waals surface area contributed by atoms with Crippen molar-refractivity contribution in [2.24, 2.45) is 10.7 Å². The summed E-state index contributed by atoms with van der Waals surface area (Å²) in [5.74, 6) is 0. The number of halogens is 3. The van der Waals surface area contributed by atoms with Crippen LogP contribution in [0.15, 0.2) is 22.8 Å². The number of aliphatic imine (C=N–C) groups is 1. The maximum atomic E-state index is 13.2. The molecule has 0 aliphatic heterocycles. The van der Waals surface area contributed by atoms with Crippen LogP contribution in [0.2, 0.25) is 0 Å². The molecule has 3 rings (SSSR count). The Morgan fingerprint density at radius 3 is 2.43 bits per heavy atom. The summed E-state index contributed by atoms with van der Waals surface area (Å²) in [6.07, 6.45) is -1.06. The first-order chi connectivity index (χ1) is 13.2. The molecule has 0 amide bonds. The number of hydrogen-bond donors (Lipinski definition) is 3. The van der Waals surface area contributed by atoms with Gasteiger partial charge in [-0.2, -0.15) is 13.2 Å². The summed E-state index contributed by atoms with van der Waals surface area (Å²) in [5, 5.41) is 8.40. The number of aryl methyl sites for hydroxylation is 1. The highest BCUT2D eigenvalue weighted by Gasteiger charge is 2.35. The van der Waals surface area contributed by atoms with Crippen LogP contribution in [0.5, 0.6) is 0 Å². The van der Waals surface area contributed by atoms with Crippen LogP contribution in [-0.4, -0.2) is 30.1 Å². The van der Waals surface area contributed by atoms with Crippen LogP contribution in [0.25, 0.3) is 16.5 Å². The van der Waals surface area contributed by atoms with Gasteiger partial charge in [0, 0.05) is 41.2 Å². The van der Waals surface area contributed by atoms with Gasteiger partial charge in [0.2, 0.25) is 0 Å². The summed E-state index contributed by atoms with van der Waals surface area (Å²) in [4.78, 5) is 8.76. The first-order valence-electron chi connectivity index (χ1n) is 8.96. The topological polar surface area (TPSA) is 101 Å². The fourth-order valence-electron chi connectivity index (χ4n) is 3.79. The summed E-state index contributed by atoms with van der Waals surface area (Å²) in [5.41, 5.74) is 14.2. The average Bonchev–Trinajstić information content (AvgIpc) is 2.67. The Bertz CT molecular complexity index is 1020. The third-order valence-electron chi connectivity index (χ3n) is 5.20. The van der Waals surface area contributed by atoms with Crippen molar-refractivity contribution in [1.29, 1.82) is 5.41 Å². The molecule has 8 heteroatoms. The zero-order chi connectivity index (χ0) is 20.6. The van der Waals surface area contributed by atoms with Gasteiger partial charge in [0.05, 0.1) is 11.2 Å². The van der Waals surface area contributed by atoms with Gasteiger partial charge in [-0.1, -0.05) is 0 Å². The van der Waals surface area contributed by atoms with E-state index >= 15 is 0 Å². The van der Waals surface area contributed by atoms with E-state index in [1.165, 1.54) is 0 Å². The average molecular weight is 389 g/mol. The highest BCUT2D eigenvalue weighted by Crippen LogP contribution is 2.38. The Labute approximate surface area is 160 Å². The van der Waals surface area contributed by atoms with E-state index in [0.717, 1.165) is 35.1 Å². The van der Waals surface area contributed by atoms with Gasteiger partial charge in [-0.3, -0.25) is 4.99 Å². The second-order valence-corrected chi connectivity index (χ2v) is 6.83. The second-order valence-electron chi connectivity index (χ2n) is 6.83. The number of nitrogen functional groups attached to an aromatic ring is 1. The third kappa shape index (κ3) is 3.23. The van der Waals surface area contributed by atoms with Crippen LogP contribution in [0.1, 0.15) is 42.1 Å². The molecule has 0 fully saturated rings. The van der Waals surface area contributed by atoms with Crippen molar-refractivity contribution in [3.8, 4) is 0 Å². The molecule has 5 nitrogen and oxygen atoms in total. The third-order valence-corrected chi connectivity index (χ3v) is 5.20. The zero-order valence-corrected chi connectivity index (χ0v) is 15.7. The van der Waals surface area contributed by atoms with E-state index in [1.807, 2.05) is 6.92 Å². The number of benzene rings is 1. The molecule has 0 bridgehead atoms. The Kier molecular flexibility index (Phi) is 5.14. The molecule has 0 saturated carbocycles. The van der Waals surface area contributed by atoms with E-state index in [9.17, 15) is 13.2 Å². The molecule has 0 saturated heterocycles. The van der Waals surface area contributed by atoms with Crippen molar-refractivity contribution in [2.45, 2.75) is 38.8 Å². The van der Waals surface area contributed by atoms with Gasteiger partial charge in [0.15, 0.2) is 0 Å². The molecule has 1 aliphatic rings. The number of pyridine rings is 1. The van der Waals surface area contributed by atoms with E-state index in [2.05, 4.69) is 9.98 Å². The van der Waals surface area contributed by atoms with Crippen molar-refractivity contribution < 1.29 is 13.2 Å². The molecular formula is C20H22F3N5. The minimum absolute atomic E-state index is 0.133. The highest BCUT2D eigenvalue weighted by molar-refractivity contribution is 6.16. The minimum Gasteiger partial charge on any atom is -0.398 e. The van der Waals surface area contributed by atoms with Crippen LogP contribution >= 0.6 is 0 Å². The first-order valence-corrected chi connectivity index (χ1v) is 8.96. The van der Waals surface area contributed by atoms with Crippen LogP contribution in [0.3, 0.4) is 0 Å². The van der Waals surface area contributed by atoms with E-state index in [-0.39, 0.29) is 5.69 Å². The van der Waals surface area contributed by atoms with E-state index < -0.39 is 17.4 Å². The smallest absolute Gasteiger partial charge is 0.398 e. The zero-order valence-electron chi connectivity index (χ0n) is 15.7. The lowest BCUT2D eigenvalue weighted by Crippen LogP contribution is -2.23. The Morgan fingerprint density at radius 2 is 1.86 bits per heavy atom. The molecule has 1 aliphatic carbocycles. The molecule has 1 heterocycles. The number of rotatable bonds is 3. The SMILES string of the molecule is CN=C(C)c1c(N)ccc2nc(C(C=N)=C(N)C(F)(F)F)c3c(c12)CCCC3. The van der Waals surface area contributed by atoms with E-state index in [4.69, 9.17) is 16.9 Å². The number of aromatic nitrogens is 1. The van der Waals surface area contributed by atoms with E-state index in [1.54, 1.807) is 19.2 Å². The van der Waals surface area contributed by atoms with Gasteiger partial charge < -0.3 is 16.9 Å². The number of nitrogens with one attached hydrogen (secondary N) is 1. The number of anilines is 1. The molecule has 0 unspecified atom stereocenters. The van der Waals surface area contributed by atoms with Gasteiger partial charge in [0.1, 0.15) is 5.70 Å². The van der Waals surface area contributed by atoms with Crippen molar-refractivity contribution in [2.75, 3.05) is 12.8 Å². The van der Waals surface area contributed by atoms with Crippen molar-refractivity contribution in [3.63, 3.8) is 0 Å². The molecule has 1 aromatic carbocycles. The largest absolute Gasteiger partial charge is 0.431 e. The quantitative estimate of drug-likeness (QED) is 0.546. The summed E-state index contributed by atoms with van der Waals surface area (Å²) < 4.78 is 39.7. The van der Waals surface area contributed by atoms with Crippen LogP contribution in [0.4, 0.5) is 18.9 Å². The molecule has 2 aromatic rings. The minimum atomic E-state index is -4.73. The van der Waals surface area contributed by atoms with Gasteiger partial charge in [-0.25, -0.2) is 4.98 Å². The first kappa shape index (κ1) is 19.9. The maximum absolute atomic E-state index is 13.2. The fraction of sp³-hybridized carbons (Fsp3) is 0.350. The van der Waals surface area contributed by atoms with Crippen molar-refractivity contribution >= 4 is 34.1 Å². The van der Waals surface area contributed by atoms with Crippen LogP contribution in [-0.2, 0) is 12.8 Å². The summed E-state index contributed by atoms with van der Waals surface area (Å²) in [6, 6.07) is 3.38. The molecule has 28 heavy (non-hydrogen) atoms. The lowest BCUT2D eigenvalue weighted by Gasteiger charge is -2.24. The molecule has 0 spiro atoms. The highest BCUT2D eigenvalue weighted by atomic mass is 19.4. The summed E-state index contributed by atoms with van der Waals surface area (Å²) >= 11 is 0. The molecule has 0 atom stereocenters. The van der Waals surface area contributed by atoms with Gasteiger partial charge in [-0.05, 0) is 55.9 Å². The van der Waals surface area contributed by atoms with Crippen LogP contribution < -0.4 is 11.5 Å². The number of fused-ring (bicyclic) bond motifs is 3. The molecule has 0 radical (unpaired) electrons. The fourth-order valence-corrected chi connectivity index (χ4v) is 3.79. The number of hydrogen-bond acceptors (Lipinski definition) is 5. The molecule has 5 N–H and O–H groups in total. The number of nitrogens with two attached hydrogens (primary N) is 2. The Balaban J connectivity index is 2.47.